The summed E-state index contributed by atoms with van der Waals surface area (Å²) in [6.45, 7) is 7.59. The molecule has 3 aromatic heterocycles. The molecule has 0 aliphatic carbocycles. The smallest absolute Gasteiger partial charge is 0.153 e. The number of benzene rings is 1. The molecule has 0 atom stereocenters. The van der Waals surface area contributed by atoms with Crippen LogP contribution in [-0.4, -0.2) is 25.0 Å². The first-order chi connectivity index (χ1) is 13.6. The minimum atomic E-state index is 0.735. The Morgan fingerprint density at radius 3 is 2.46 bits per heavy atom. The molecule has 4 rings (SSSR count). The average Bonchev–Trinajstić information content (AvgIpc) is 3.29. The fraction of sp³-hybridized carbons (Fsp3) is 0.227. The van der Waals surface area contributed by atoms with Crippen LogP contribution in [-0.2, 0) is 13.1 Å². The van der Waals surface area contributed by atoms with Crippen molar-refractivity contribution in [3.05, 3.63) is 82.9 Å². The number of rotatable bonds is 6. The molecule has 6 nitrogen and oxygen atoms in total. The lowest BCUT2D eigenvalue weighted by Gasteiger charge is -2.08. The highest BCUT2D eigenvalue weighted by Gasteiger charge is 2.08. The van der Waals surface area contributed by atoms with Gasteiger partial charge in [-0.15, -0.1) is 0 Å². The van der Waals surface area contributed by atoms with E-state index in [0.29, 0.717) is 0 Å². The van der Waals surface area contributed by atoms with Gasteiger partial charge in [-0.05, 0) is 44.0 Å². The molecule has 4 aromatic rings. The highest BCUT2D eigenvalue weighted by Crippen LogP contribution is 2.21. The third-order valence-corrected chi connectivity index (χ3v) is 4.74. The number of pyridine rings is 1. The van der Waals surface area contributed by atoms with Gasteiger partial charge in [0.1, 0.15) is 0 Å². The normalized spacial score (nSPS) is 11.1. The zero-order chi connectivity index (χ0) is 19.5. The topological polar surface area (TPSA) is 71.4 Å². The van der Waals surface area contributed by atoms with Crippen molar-refractivity contribution in [1.82, 2.24) is 30.3 Å². The second-order valence-corrected chi connectivity index (χ2v) is 7.10. The lowest BCUT2D eigenvalue weighted by molar-refractivity contribution is 0.691. The summed E-state index contributed by atoms with van der Waals surface area (Å²) < 4.78 is 1.87. The van der Waals surface area contributed by atoms with Gasteiger partial charge >= 0.3 is 0 Å². The van der Waals surface area contributed by atoms with E-state index >= 15 is 0 Å². The largest absolute Gasteiger partial charge is 0.308 e. The maximum atomic E-state index is 4.55. The maximum absolute atomic E-state index is 4.55. The number of H-pyrrole nitrogens is 1. The summed E-state index contributed by atoms with van der Waals surface area (Å²) in [6, 6.07) is 14.6. The van der Waals surface area contributed by atoms with Gasteiger partial charge in [0, 0.05) is 30.5 Å². The first-order valence-corrected chi connectivity index (χ1v) is 9.39. The quantitative estimate of drug-likeness (QED) is 0.539. The minimum absolute atomic E-state index is 0.735. The Labute approximate surface area is 164 Å². The molecule has 0 saturated carbocycles. The fourth-order valence-electron chi connectivity index (χ4n) is 3.26. The number of aromatic amines is 1. The predicted molar refractivity (Wildman–Crippen MR) is 110 cm³/mol. The predicted octanol–water partition coefficient (Wildman–Crippen LogP) is 3.87. The minimum Gasteiger partial charge on any atom is -0.308 e. The Bertz CT molecular complexity index is 1060. The Morgan fingerprint density at radius 2 is 1.79 bits per heavy atom. The van der Waals surface area contributed by atoms with Crippen LogP contribution in [0.5, 0.6) is 0 Å². The molecule has 0 aliphatic heterocycles. The van der Waals surface area contributed by atoms with Crippen molar-refractivity contribution in [3.63, 3.8) is 0 Å². The number of nitrogens with one attached hydrogen (secondary N) is 2. The summed E-state index contributed by atoms with van der Waals surface area (Å²) in [5.41, 5.74) is 7.82. The first kappa shape index (κ1) is 18.1. The molecule has 0 amide bonds. The van der Waals surface area contributed by atoms with Crippen molar-refractivity contribution in [3.8, 4) is 17.1 Å². The van der Waals surface area contributed by atoms with Crippen LogP contribution in [0, 0.1) is 20.8 Å². The van der Waals surface area contributed by atoms with Crippen molar-refractivity contribution >= 4 is 0 Å². The van der Waals surface area contributed by atoms with E-state index in [-0.39, 0.29) is 0 Å². The zero-order valence-electron chi connectivity index (χ0n) is 16.4. The molecule has 0 unspecified atom stereocenters. The van der Waals surface area contributed by atoms with Gasteiger partial charge in [-0.25, -0.2) is 9.67 Å². The molecule has 0 fully saturated rings. The SMILES string of the molecule is Cc1ccc(-c2[nH]ncc2CNCc2ccc(-n3nc(C)cc3C)nc2)cc1. The highest BCUT2D eigenvalue weighted by molar-refractivity contribution is 5.62. The monoisotopic (exact) mass is 372 g/mol. The number of aryl methyl sites for hydroxylation is 3. The van der Waals surface area contributed by atoms with Crippen LogP contribution >= 0.6 is 0 Å². The van der Waals surface area contributed by atoms with E-state index in [2.05, 4.69) is 62.9 Å². The average molecular weight is 372 g/mol. The Hall–Kier alpha value is -3.25. The van der Waals surface area contributed by atoms with Gasteiger partial charge in [-0.3, -0.25) is 5.10 Å². The molecule has 28 heavy (non-hydrogen) atoms. The van der Waals surface area contributed by atoms with E-state index in [1.54, 1.807) is 0 Å². The van der Waals surface area contributed by atoms with Crippen molar-refractivity contribution in [2.45, 2.75) is 33.9 Å². The Morgan fingerprint density at radius 1 is 0.964 bits per heavy atom. The highest BCUT2D eigenvalue weighted by atomic mass is 15.3. The van der Waals surface area contributed by atoms with Crippen LogP contribution in [0.1, 0.15) is 28.1 Å². The van der Waals surface area contributed by atoms with Gasteiger partial charge in [-0.1, -0.05) is 35.9 Å². The number of nitrogens with zero attached hydrogens (tertiary/aromatic N) is 4. The summed E-state index contributed by atoms with van der Waals surface area (Å²) in [6.07, 6.45) is 3.78. The van der Waals surface area contributed by atoms with Crippen LogP contribution < -0.4 is 5.32 Å². The molecule has 142 valence electrons. The molecule has 6 heteroatoms. The number of hydrogen-bond acceptors (Lipinski definition) is 4. The number of hydrogen-bond donors (Lipinski definition) is 2. The maximum Gasteiger partial charge on any atom is 0.153 e. The van der Waals surface area contributed by atoms with Crippen LogP contribution in [0.2, 0.25) is 0 Å². The third-order valence-electron chi connectivity index (χ3n) is 4.74. The molecule has 0 saturated heterocycles. The molecule has 3 heterocycles. The van der Waals surface area contributed by atoms with Crippen molar-refractivity contribution in [1.29, 1.82) is 0 Å². The van der Waals surface area contributed by atoms with Gasteiger partial charge in [0.05, 0.1) is 17.6 Å². The summed E-state index contributed by atoms with van der Waals surface area (Å²) >= 11 is 0. The van der Waals surface area contributed by atoms with Crippen molar-refractivity contribution < 1.29 is 0 Å². The Kier molecular flexibility index (Phi) is 5.04. The van der Waals surface area contributed by atoms with Gasteiger partial charge in [-0.2, -0.15) is 10.2 Å². The van der Waals surface area contributed by atoms with Crippen LogP contribution in [0.15, 0.2) is 54.9 Å². The van der Waals surface area contributed by atoms with E-state index in [9.17, 15) is 0 Å². The second-order valence-electron chi connectivity index (χ2n) is 7.10. The lowest BCUT2D eigenvalue weighted by atomic mass is 10.1. The zero-order valence-corrected chi connectivity index (χ0v) is 16.4. The van der Waals surface area contributed by atoms with E-state index in [1.165, 1.54) is 5.56 Å². The summed E-state index contributed by atoms with van der Waals surface area (Å²) in [7, 11) is 0. The van der Waals surface area contributed by atoms with E-state index in [0.717, 1.165) is 52.7 Å². The Balaban J connectivity index is 1.39. The van der Waals surface area contributed by atoms with Gasteiger partial charge in [0.25, 0.3) is 0 Å². The van der Waals surface area contributed by atoms with Gasteiger partial charge < -0.3 is 5.32 Å². The molecular formula is C22H24N6. The van der Waals surface area contributed by atoms with E-state index in [4.69, 9.17) is 0 Å². The summed E-state index contributed by atoms with van der Waals surface area (Å²) in [5.74, 6) is 0.839. The van der Waals surface area contributed by atoms with E-state index in [1.807, 2.05) is 43.1 Å². The number of aromatic nitrogens is 5. The third kappa shape index (κ3) is 3.87. The second kappa shape index (κ2) is 7.78. The van der Waals surface area contributed by atoms with Crippen LogP contribution in [0.4, 0.5) is 0 Å². The fourth-order valence-corrected chi connectivity index (χ4v) is 3.26. The molecule has 2 N–H and O–H groups in total. The van der Waals surface area contributed by atoms with Crippen molar-refractivity contribution in [2.75, 3.05) is 0 Å². The molecule has 1 aromatic carbocycles. The summed E-state index contributed by atoms with van der Waals surface area (Å²) in [4.78, 5) is 4.55. The molecule has 0 spiro atoms. The molecular weight excluding hydrogens is 348 g/mol. The van der Waals surface area contributed by atoms with Gasteiger partial charge in [0.2, 0.25) is 0 Å². The first-order valence-electron chi connectivity index (χ1n) is 9.39. The summed E-state index contributed by atoms with van der Waals surface area (Å²) in [5, 5.41) is 15.3. The molecule has 0 radical (unpaired) electrons. The lowest BCUT2D eigenvalue weighted by Crippen LogP contribution is -2.13. The van der Waals surface area contributed by atoms with Crippen molar-refractivity contribution in [2.24, 2.45) is 0 Å². The standard InChI is InChI=1S/C22H24N6/c1-15-4-7-19(8-5-15)22-20(14-25-26-22)13-23-11-18-6-9-21(24-12-18)28-17(3)10-16(2)27-28/h4-10,12,14,23H,11,13H2,1-3H3,(H,25,26). The molecule has 0 bridgehead atoms. The van der Waals surface area contributed by atoms with Crippen LogP contribution in [0.25, 0.3) is 17.1 Å². The molecule has 0 aliphatic rings. The van der Waals surface area contributed by atoms with E-state index < -0.39 is 0 Å². The van der Waals surface area contributed by atoms with Gasteiger partial charge in [0.15, 0.2) is 5.82 Å². The van der Waals surface area contributed by atoms with Crippen LogP contribution in [0.3, 0.4) is 0 Å².